The predicted molar refractivity (Wildman–Crippen MR) is 107 cm³/mol. The highest BCUT2D eigenvalue weighted by Gasteiger charge is 2.40. The number of amides is 1. The lowest BCUT2D eigenvalue weighted by atomic mass is 10.0. The highest BCUT2D eigenvalue weighted by atomic mass is 32.2. The summed E-state index contributed by atoms with van der Waals surface area (Å²) in [4.78, 5) is 22.5. The zero-order valence-electron chi connectivity index (χ0n) is 15.6. The summed E-state index contributed by atoms with van der Waals surface area (Å²) < 4.78 is 53.1. The number of anilines is 1. The number of rotatable bonds is 2. The summed E-state index contributed by atoms with van der Waals surface area (Å²) in [5.74, 6) is -3.53. The highest BCUT2D eigenvalue weighted by Crippen LogP contribution is 2.34. The average molecular weight is 430 g/mol. The first-order valence-corrected chi connectivity index (χ1v) is 10.9. The molecule has 0 spiro atoms. The molecule has 0 atom stereocenters. The van der Waals surface area contributed by atoms with Crippen molar-refractivity contribution in [3.63, 3.8) is 0 Å². The minimum atomic E-state index is -3.38. The Balaban J connectivity index is 1.56. The molecular formula is C20H16F2N4O3S. The van der Waals surface area contributed by atoms with E-state index in [0.717, 1.165) is 4.90 Å². The molecule has 1 amide bonds. The van der Waals surface area contributed by atoms with Crippen LogP contribution in [0.4, 0.5) is 14.5 Å². The van der Waals surface area contributed by atoms with E-state index in [9.17, 15) is 22.0 Å². The lowest BCUT2D eigenvalue weighted by molar-refractivity contribution is 0.0119. The number of pyridine rings is 2. The molecule has 1 saturated heterocycles. The molecule has 0 radical (unpaired) electrons. The van der Waals surface area contributed by atoms with Crippen molar-refractivity contribution in [3.05, 3.63) is 54.0 Å². The summed E-state index contributed by atoms with van der Waals surface area (Å²) in [6, 6.07) is 8.36. The van der Waals surface area contributed by atoms with Crippen LogP contribution in [0.2, 0.25) is 0 Å². The maximum absolute atomic E-state index is 13.5. The second-order valence-electron chi connectivity index (χ2n) is 7.52. The van der Waals surface area contributed by atoms with Gasteiger partial charge in [-0.3, -0.25) is 14.5 Å². The van der Waals surface area contributed by atoms with Crippen molar-refractivity contribution in [2.45, 2.75) is 18.1 Å². The first-order chi connectivity index (χ1) is 14.2. The van der Waals surface area contributed by atoms with E-state index >= 15 is 0 Å². The van der Waals surface area contributed by atoms with Crippen molar-refractivity contribution in [1.82, 2.24) is 14.9 Å². The first-order valence-electron chi connectivity index (χ1n) is 9.26. The smallest absolute Gasteiger partial charge is 0.272 e. The molecule has 30 heavy (non-hydrogen) atoms. The minimum Gasteiger partial charge on any atom is -0.331 e. The van der Waals surface area contributed by atoms with Crippen molar-refractivity contribution in [2.75, 3.05) is 17.8 Å². The van der Waals surface area contributed by atoms with Gasteiger partial charge >= 0.3 is 0 Å². The van der Waals surface area contributed by atoms with Crippen molar-refractivity contribution < 1.29 is 22.0 Å². The van der Waals surface area contributed by atoms with E-state index < -0.39 is 28.4 Å². The van der Waals surface area contributed by atoms with Crippen LogP contribution in [0.5, 0.6) is 0 Å². The second kappa shape index (κ2) is 6.43. The Morgan fingerprint density at radius 2 is 2.00 bits per heavy atom. The van der Waals surface area contributed by atoms with Crippen LogP contribution < -0.4 is 4.72 Å². The molecule has 1 aromatic carbocycles. The molecule has 154 valence electrons. The Labute approximate surface area is 170 Å². The first kappa shape index (κ1) is 18.9. The zero-order chi connectivity index (χ0) is 21.1. The monoisotopic (exact) mass is 430 g/mol. The van der Waals surface area contributed by atoms with Crippen LogP contribution >= 0.6 is 0 Å². The molecule has 3 aromatic rings. The van der Waals surface area contributed by atoms with Crippen LogP contribution in [0.1, 0.15) is 22.5 Å². The maximum Gasteiger partial charge on any atom is 0.272 e. The van der Waals surface area contributed by atoms with Crippen LogP contribution in [0.3, 0.4) is 0 Å². The van der Waals surface area contributed by atoms with Gasteiger partial charge in [-0.15, -0.1) is 0 Å². The summed E-state index contributed by atoms with van der Waals surface area (Å²) in [6.45, 7) is -0.623. The molecule has 2 aliphatic rings. The number of carbonyl (C=O) groups excluding carboxylic acids is 1. The van der Waals surface area contributed by atoms with Gasteiger partial charge in [0.25, 0.3) is 11.8 Å². The molecule has 1 fully saturated rings. The summed E-state index contributed by atoms with van der Waals surface area (Å²) >= 11 is 0. The fourth-order valence-electron chi connectivity index (χ4n) is 3.83. The summed E-state index contributed by atoms with van der Waals surface area (Å²) in [5, 5.41) is 0.682. The average Bonchev–Trinajstić information content (AvgIpc) is 3.22. The number of alkyl halides is 2. The third-order valence-corrected chi connectivity index (χ3v) is 6.52. The summed E-state index contributed by atoms with van der Waals surface area (Å²) in [5.41, 5.74) is 3.08. The molecule has 0 bridgehead atoms. The zero-order valence-corrected chi connectivity index (χ0v) is 16.4. The van der Waals surface area contributed by atoms with Gasteiger partial charge in [0.1, 0.15) is 5.69 Å². The van der Waals surface area contributed by atoms with Crippen molar-refractivity contribution >= 4 is 32.5 Å². The Morgan fingerprint density at radius 3 is 2.77 bits per heavy atom. The summed E-state index contributed by atoms with van der Waals surface area (Å²) in [7, 11) is -3.38. The van der Waals surface area contributed by atoms with Gasteiger partial charge in [0, 0.05) is 36.3 Å². The molecule has 1 N–H and O–H groups in total. The molecule has 0 saturated carbocycles. The molecular weight excluding hydrogens is 414 g/mol. The van der Waals surface area contributed by atoms with Crippen molar-refractivity contribution in [3.8, 4) is 11.1 Å². The SMILES string of the molecule is O=C(c1ccc2cncc(-c3ccc4c(c3)CS(=O)(=O)N4)c2n1)N1CCC(F)(F)C1. The number of hydrogen-bond acceptors (Lipinski definition) is 5. The largest absolute Gasteiger partial charge is 0.331 e. The molecule has 2 aromatic heterocycles. The molecule has 0 aliphatic carbocycles. The topological polar surface area (TPSA) is 92.3 Å². The van der Waals surface area contributed by atoms with Crippen LogP contribution in [0.25, 0.3) is 22.0 Å². The Morgan fingerprint density at radius 1 is 1.17 bits per heavy atom. The third kappa shape index (κ3) is 3.26. The fraction of sp³-hybridized carbons (Fsp3) is 0.250. The van der Waals surface area contributed by atoms with Crippen LogP contribution in [-0.4, -0.2) is 48.2 Å². The number of likely N-dealkylation sites (tertiary alicyclic amines) is 1. The van der Waals surface area contributed by atoms with E-state index in [1.807, 2.05) is 0 Å². The third-order valence-electron chi connectivity index (χ3n) is 5.30. The number of benzene rings is 1. The van der Waals surface area contributed by atoms with E-state index in [1.165, 1.54) is 6.07 Å². The predicted octanol–water partition coefficient (Wildman–Crippen LogP) is 3.03. The molecule has 0 unspecified atom stereocenters. The van der Waals surface area contributed by atoms with Crippen LogP contribution in [0, 0.1) is 0 Å². The Bertz CT molecular complexity index is 1310. The van der Waals surface area contributed by atoms with Gasteiger partial charge in [-0.1, -0.05) is 6.07 Å². The second-order valence-corrected chi connectivity index (χ2v) is 9.24. The summed E-state index contributed by atoms with van der Waals surface area (Å²) in [6.07, 6.45) is 2.84. The Hall–Kier alpha value is -3.14. The number of fused-ring (bicyclic) bond motifs is 2. The molecule has 5 rings (SSSR count). The van der Waals surface area contributed by atoms with Crippen LogP contribution in [-0.2, 0) is 15.8 Å². The van der Waals surface area contributed by atoms with Gasteiger partial charge in [0.15, 0.2) is 0 Å². The van der Waals surface area contributed by atoms with Gasteiger partial charge in [-0.05, 0) is 35.4 Å². The quantitative estimate of drug-likeness (QED) is 0.675. The van der Waals surface area contributed by atoms with Gasteiger partial charge < -0.3 is 4.90 Å². The van der Waals surface area contributed by atoms with Crippen molar-refractivity contribution in [2.24, 2.45) is 0 Å². The number of nitrogens with zero attached hydrogens (tertiary/aromatic N) is 3. The number of sulfonamides is 1. The lowest BCUT2D eigenvalue weighted by Gasteiger charge is -2.16. The molecule has 4 heterocycles. The Kier molecular flexibility index (Phi) is 4.04. The molecule has 2 aliphatic heterocycles. The van der Waals surface area contributed by atoms with E-state index in [4.69, 9.17) is 0 Å². The van der Waals surface area contributed by atoms with Gasteiger partial charge in [-0.25, -0.2) is 22.2 Å². The maximum atomic E-state index is 13.5. The fourth-order valence-corrected chi connectivity index (χ4v) is 5.09. The molecule has 7 nitrogen and oxygen atoms in total. The number of carbonyl (C=O) groups is 1. The van der Waals surface area contributed by atoms with E-state index in [1.54, 1.807) is 36.7 Å². The number of aromatic nitrogens is 2. The number of nitrogens with one attached hydrogen (secondary N) is 1. The number of halogens is 2. The molecule has 10 heteroatoms. The van der Waals surface area contributed by atoms with Gasteiger partial charge in [-0.2, -0.15) is 0 Å². The number of hydrogen-bond donors (Lipinski definition) is 1. The minimum absolute atomic E-state index is 0.0128. The van der Waals surface area contributed by atoms with Gasteiger partial charge in [0.05, 0.1) is 23.5 Å². The van der Waals surface area contributed by atoms with Crippen LogP contribution in [0.15, 0.2) is 42.7 Å². The highest BCUT2D eigenvalue weighted by molar-refractivity contribution is 7.92. The lowest BCUT2D eigenvalue weighted by Crippen LogP contribution is -2.31. The standard InChI is InChI=1S/C20H16F2N4O3S/c21-20(22)5-6-26(11-20)19(27)17-4-2-13-8-23-9-15(18(13)24-17)12-1-3-16-14(7-12)10-30(28,29)25-16/h1-4,7-9,25H,5-6,10-11H2. The van der Waals surface area contributed by atoms with Gasteiger partial charge in [0.2, 0.25) is 10.0 Å². The van der Waals surface area contributed by atoms with Crippen molar-refractivity contribution in [1.29, 1.82) is 0 Å². The van der Waals surface area contributed by atoms with E-state index in [2.05, 4.69) is 14.7 Å². The van der Waals surface area contributed by atoms with E-state index in [-0.39, 0.29) is 24.4 Å². The normalized spacial score (nSPS) is 18.9. The van der Waals surface area contributed by atoms with E-state index in [0.29, 0.717) is 33.3 Å².